The third-order valence-corrected chi connectivity index (χ3v) is 2.77. The molecule has 1 unspecified atom stereocenters. The lowest BCUT2D eigenvalue weighted by atomic mass is 9.91. The summed E-state index contributed by atoms with van der Waals surface area (Å²) in [5, 5.41) is 12.8. The SMILES string of the molecule is CC(C)(C)OC(=O)NC(C)(C)C(O)c1ccc(F)c(F)c1. The number of halogens is 2. The third kappa shape index (κ3) is 4.97. The molecule has 0 fully saturated rings. The summed E-state index contributed by atoms with van der Waals surface area (Å²) in [5.41, 5.74) is -1.63. The van der Waals surface area contributed by atoms with E-state index in [1.165, 1.54) is 6.07 Å². The van der Waals surface area contributed by atoms with E-state index in [9.17, 15) is 18.7 Å². The molecule has 1 aromatic rings. The van der Waals surface area contributed by atoms with Crippen molar-refractivity contribution in [3.8, 4) is 0 Å². The topological polar surface area (TPSA) is 58.6 Å². The van der Waals surface area contributed by atoms with Crippen molar-refractivity contribution in [2.75, 3.05) is 0 Å². The first kappa shape index (κ1) is 17.4. The molecule has 2 N–H and O–H groups in total. The van der Waals surface area contributed by atoms with Crippen molar-refractivity contribution in [1.82, 2.24) is 5.32 Å². The highest BCUT2D eigenvalue weighted by atomic mass is 19.2. The zero-order valence-electron chi connectivity index (χ0n) is 12.8. The molecular formula is C15H21F2NO3. The van der Waals surface area contributed by atoms with E-state index < -0.39 is 35.0 Å². The van der Waals surface area contributed by atoms with E-state index in [2.05, 4.69) is 5.32 Å². The molecule has 118 valence electrons. The van der Waals surface area contributed by atoms with Gasteiger partial charge in [0, 0.05) is 0 Å². The van der Waals surface area contributed by atoms with Crippen LogP contribution in [0, 0.1) is 11.6 Å². The zero-order valence-corrected chi connectivity index (χ0v) is 12.8. The van der Waals surface area contributed by atoms with Gasteiger partial charge in [0.2, 0.25) is 0 Å². The van der Waals surface area contributed by atoms with Gasteiger partial charge in [-0.15, -0.1) is 0 Å². The van der Waals surface area contributed by atoms with Gasteiger partial charge >= 0.3 is 6.09 Å². The fourth-order valence-electron chi connectivity index (χ4n) is 1.73. The largest absolute Gasteiger partial charge is 0.444 e. The van der Waals surface area contributed by atoms with Crippen LogP contribution in [0.25, 0.3) is 0 Å². The number of nitrogens with one attached hydrogen (secondary N) is 1. The van der Waals surface area contributed by atoms with Gasteiger partial charge in [0.1, 0.15) is 11.7 Å². The predicted molar refractivity (Wildman–Crippen MR) is 74.8 cm³/mol. The summed E-state index contributed by atoms with van der Waals surface area (Å²) in [6.45, 7) is 8.26. The van der Waals surface area contributed by atoms with Crippen LogP contribution in [0.4, 0.5) is 13.6 Å². The van der Waals surface area contributed by atoms with Crippen LogP contribution in [-0.2, 0) is 4.74 Å². The molecule has 1 atom stereocenters. The Balaban J connectivity index is 2.85. The molecule has 6 heteroatoms. The molecule has 1 amide bonds. The Morgan fingerprint density at radius 1 is 1.19 bits per heavy atom. The summed E-state index contributed by atoms with van der Waals surface area (Å²) in [6, 6.07) is 3.09. The predicted octanol–water partition coefficient (Wildman–Crippen LogP) is 3.30. The highest BCUT2D eigenvalue weighted by Gasteiger charge is 2.33. The van der Waals surface area contributed by atoms with Crippen LogP contribution in [0.2, 0.25) is 0 Å². The van der Waals surface area contributed by atoms with Gasteiger partial charge < -0.3 is 15.2 Å². The number of aliphatic hydroxyl groups is 1. The Bertz CT molecular complexity index is 524. The second kappa shape index (κ2) is 5.97. The van der Waals surface area contributed by atoms with Crippen molar-refractivity contribution >= 4 is 6.09 Å². The fourth-order valence-corrected chi connectivity index (χ4v) is 1.73. The van der Waals surface area contributed by atoms with Crippen LogP contribution in [0.5, 0.6) is 0 Å². The summed E-state index contributed by atoms with van der Waals surface area (Å²) in [7, 11) is 0. The van der Waals surface area contributed by atoms with Crippen molar-refractivity contribution < 1.29 is 23.4 Å². The lowest BCUT2D eigenvalue weighted by molar-refractivity contribution is 0.0290. The second-order valence-corrected chi connectivity index (χ2v) is 6.42. The summed E-state index contributed by atoms with van der Waals surface area (Å²) < 4.78 is 31.2. The van der Waals surface area contributed by atoms with Gasteiger partial charge in [-0.3, -0.25) is 0 Å². The normalized spacial score (nSPS) is 13.7. The number of rotatable bonds is 3. The van der Waals surface area contributed by atoms with Gasteiger partial charge in [-0.2, -0.15) is 0 Å². The molecule has 1 rings (SSSR count). The Labute approximate surface area is 123 Å². The minimum Gasteiger partial charge on any atom is -0.444 e. The second-order valence-electron chi connectivity index (χ2n) is 6.42. The quantitative estimate of drug-likeness (QED) is 0.900. The number of hydrogen-bond donors (Lipinski definition) is 2. The van der Waals surface area contributed by atoms with E-state index in [-0.39, 0.29) is 5.56 Å². The van der Waals surface area contributed by atoms with Gasteiger partial charge in [-0.05, 0) is 52.3 Å². The molecule has 0 aromatic heterocycles. The molecule has 21 heavy (non-hydrogen) atoms. The molecule has 0 aliphatic rings. The van der Waals surface area contributed by atoms with E-state index in [1.54, 1.807) is 34.6 Å². The lowest BCUT2D eigenvalue weighted by Crippen LogP contribution is -2.49. The smallest absolute Gasteiger partial charge is 0.408 e. The average molecular weight is 301 g/mol. The van der Waals surface area contributed by atoms with Gasteiger partial charge in [0.05, 0.1) is 5.54 Å². The van der Waals surface area contributed by atoms with Crippen molar-refractivity contribution in [2.45, 2.75) is 51.9 Å². The maximum absolute atomic E-state index is 13.2. The maximum Gasteiger partial charge on any atom is 0.408 e. The van der Waals surface area contributed by atoms with E-state index in [4.69, 9.17) is 4.74 Å². The summed E-state index contributed by atoms with van der Waals surface area (Å²) in [5.74, 6) is -2.05. The number of carbonyl (C=O) groups excluding carboxylic acids is 1. The number of ether oxygens (including phenoxy) is 1. The number of alkyl carbamates (subject to hydrolysis) is 1. The van der Waals surface area contributed by atoms with Gasteiger partial charge in [-0.1, -0.05) is 6.07 Å². The molecular weight excluding hydrogens is 280 g/mol. The van der Waals surface area contributed by atoms with Crippen molar-refractivity contribution in [1.29, 1.82) is 0 Å². The summed E-state index contributed by atoms with van der Waals surface area (Å²) in [4.78, 5) is 11.8. The molecule has 0 aliphatic heterocycles. The first-order chi connectivity index (χ1) is 9.42. The molecule has 0 bridgehead atoms. The first-order valence-corrected chi connectivity index (χ1v) is 6.56. The summed E-state index contributed by atoms with van der Waals surface area (Å²) in [6.07, 6.45) is -1.92. The number of carbonyl (C=O) groups is 1. The van der Waals surface area contributed by atoms with Crippen LogP contribution in [0.15, 0.2) is 18.2 Å². The monoisotopic (exact) mass is 301 g/mol. The Hall–Kier alpha value is -1.69. The minimum atomic E-state index is -1.22. The first-order valence-electron chi connectivity index (χ1n) is 6.56. The molecule has 1 aromatic carbocycles. The maximum atomic E-state index is 13.2. The Morgan fingerprint density at radius 2 is 1.76 bits per heavy atom. The van der Waals surface area contributed by atoms with Crippen LogP contribution < -0.4 is 5.32 Å². The molecule has 0 saturated heterocycles. The van der Waals surface area contributed by atoms with Gasteiger partial charge in [0.15, 0.2) is 11.6 Å². The summed E-state index contributed by atoms with van der Waals surface area (Å²) >= 11 is 0. The average Bonchev–Trinajstić information content (AvgIpc) is 2.28. The van der Waals surface area contributed by atoms with Gasteiger partial charge in [0.25, 0.3) is 0 Å². The van der Waals surface area contributed by atoms with Crippen molar-refractivity contribution in [3.63, 3.8) is 0 Å². The number of amides is 1. The van der Waals surface area contributed by atoms with E-state index in [0.29, 0.717) is 0 Å². The number of benzene rings is 1. The third-order valence-electron chi connectivity index (χ3n) is 2.77. The van der Waals surface area contributed by atoms with Crippen molar-refractivity contribution in [2.24, 2.45) is 0 Å². The number of hydrogen-bond acceptors (Lipinski definition) is 3. The standard InChI is InChI=1S/C15H21F2NO3/c1-14(2,3)21-13(20)18-15(4,5)12(19)9-6-7-10(16)11(17)8-9/h6-8,12,19H,1-5H3,(H,18,20). The number of aliphatic hydroxyl groups excluding tert-OH is 1. The molecule has 0 aliphatic carbocycles. The van der Waals surface area contributed by atoms with E-state index in [0.717, 1.165) is 12.1 Å². The molecule has 4 nitrogen and oxygen atoms in total. The van der Waals surface area contributed by atoms with Crippen LogP contribution in [-0.4, -0.2) is 22.3 Å². The van der Waals surface area contributed by atoms with Crippen molar-refractivity contribution in [3.05, 3.63) is 35.4 Å². The van der Waals surface area contributed by atoms with Crippen LogP contribution in [0.3, 0.4) is 0 Å². The minimum absolute atomic E-state index is 0.162. The zero-order chi connectivity index (χ0) is 16.4. The van der Waals surface area contributed by atoms with Crippen LogP contribution in [0.1, 0.15) is 46.3 Å². The van der Waals surface area contributed by atoms with E-state index >= 15 is 0 Å². The molecule has 0 heterocycles. The van der Waals surface area contributed by atoms with Crippen LogP contribution >= 0.6 is 0 Å². The van der Waals surface area contributed by atoms with Gasteiger partial charge in [-0.25, -0.2) is 13.6 Å². The lowest BCUT2D eigenvalue weighted by Gasteiger charge is -2.33. The van der Waals surface area contributed by atoms with E-state index in [1.807, 2.05) is 0 Å². The Kier molecular flexibility index (Phi) is 4.94. The molecule has 0 radical (unpaired) electrons. The highest BCUT2D eigenvalue weighted by Crippen LogP contribution is 2.27. The Morgan fingerprint density at radius 3 is 2.24 bits per heavy atom. The molecule has 0 spiro atoms. The molecule has 0 saturated carbocycles. The highest BCUT2D eigenvalue weighted by molar-refractivity contribution is 5.68. The fraction of sp³-hybridized carbons (Fsp3) is 0.533.